The van der Waals surface area contributed by atoms with E-state index in [0.29, 0.717) is 6.42 Å². The predicted octanol–water partition coefficient (Wildman–Crippen LogP) is 0.501. The lowest BCUT2D eigenvalue weighted by Gasteiger charge is -2.42. The quantitative estimate of drug-likeness (QED) is 0.542. The number of hydrogen-bond donors (Lipinski definition) is 2. The van der Waals surface area contributed by atoms with Gasteiger partial charge in [-0.1, -0.05) is 6.92 Å². The first-order valence-electron chi connectivity index (χ1n) is 4.00. The Morgan fingerprint density at radius 3 is 2.45 bits per heavy atom. The van der Waals surface area contributed by atoms with Crippen molar-refractivity contribution in [2.45, 2.75) is 45.2 Å². The normalized spacial score (nSPS) is 52.6. The lowest BCUT2D eigenvalue weighted by Crippen LogP contribution is -2.51. The van der Waals surface area contributed by atoms with Crippen molar-refractivity contribution >= 4 is 0 Å². The highest BCUT2D eigenvalue weighted by molar-refractivity contribution is 4.89. The summed E-state index contributed by atoms with van der Waals surface area (Å²) in [6.45, 7) is 5.44. The first-order valence-corrected chi connectivity index (χ1v) is 4.00. The fourth-order valence-electron chi connectivity index (χ4n) is 1.37. The number of rotatable bonds is 0. The maximum absolute atomic E-state index is 9.79. The van der Waals surface area contributed by atoms with Crippen molar-refractivity contribution in [2.24, 2.45) is 5.92 Å². The molecule has 0 aliphatic carbocycles. The van der Waals surface area contributed by atoms with Gasteiger partial charge in [0.05, 0.1) is 11.7 Å². The maximum Gasteiger partial charge on any atom is 0.155 e. The molecule has 11 heavy (non-hydrogen) atoms. The topological polar surface area (TPSA) is 49.7 Å². The fourth-order valence-corrected chi connectivity index (χ4v) is 1.37. The standard InChI is InChI=1S/C8H16O3/c1-5-4-7(9)11-6(2)8(5,3)10/h5-7,9-10H,4H2,1-3H3/t5?,6-,7+,8-/m0/s1. The van der Waals surface area contributed by atoms with Crippen LogP contribution in [0.25, 0.3) is 0 Å². The molecule has 3 nitrogen and oxygen atoms in total. The van der Waals surface area contributed by atoms with Crippen LogP contribution >= 0.6 is 0 Å². The smallest absolute Gasteiger partial charge is 0.155 e. The molecule has 4 atom stereocenters. The van der Waals surface area contributed by atoms with Crippen molar-refractivity contribution in [3.05, 3.63) is 0 Å². The lowest BCUT2D eigenvalue weighted by molar-refractivity contribution is -0.244. The lowest BCUT2D eigenvalue weighted by atomic mass is 9.82. The van der Waals surface area contributed by atoms with Gasteiger partial charge in [-0.2, -0.15) is 0 Å². The Labute approximate surface area is 67.0 Å². The Morgan fingerprint density at radius 2 is 2.00 bits per heavy atom. The van der Waals surface area contributed by atoms with Crippen molar-refractivity contribution in [3.8, 4) is 0 Å². The molecule has 0 spiro atoms. The van der Waals surface area contributed by atoms with Crippen LogP contribution in [-0.4, -0.2) is 28.2 Å². The van der Waals surface area contributed by atoms with Gasteiger partial charge in [-0.25, -0.2) is 0 Å². The number of hydrogen-bond acceptors (Lipinski definition) is 3. The highest BCUT2D eigenvalue weighted by Crippen LogP contribution is 2.32. The Hall–Kier alpha value is -0.120. The van der Waals surface area contributed by atoms with Gasteiger partial charge in [0.2, 0.25) is 0 Å². The molecule has 1 saturated heterocycles. The summed E-state index contributed by atoms with van der Waals surface area (Å²) in [7, 11) is 0. The van der Waals surface area contributed by atoms with Crippen LogP contribution in [0.4, 0.5) is 0 Å². The van der Waals surface area contributed by atoms with E-state index in [0.717, 1.165) is 0 Å². The monoisotopic (exact) mass is 160 g/mol. The van der Waals surface area contributed by atoms with Gasteiger partial charge < -0.3 is 14.9 Å². The van der Waals surface area contributed by atoms with Gasteiger partial charge in [0.1, 0.15) is 0 Å². The molecule has 0 amide bonds. The summed E-state index contributed by atoms with van der Waals surface area (Å²) in [4.78, 5) is 0. The van der Waals surface area contributed by atoms with Gasteiger partial charge in [-0.3, -0.25) is 0 Å². The molecule has 1 aliphatic rings. The van der Waals surface area contributed by atoms with Gasteiger partial charge in [-0.15, -0.1) is 0 Å². The van der Waals surface area contributed by atoms with Crippen LogP contribution in [0.1, 0.15) is 27.2 Å². The number of ether oxygens (including phenoxy) is 1. The summed E-state index contributed by atoms with van der Waals surface area (Å²) in [6, 6.07) is 0. The highest BCUT2D eigenvalue weighted by Gasteiger charge is 2.41. The van der Waals surface area contributed by atoms with Gasteiger partial charge in [-0.05, 0) is 19.8 Å². The first-order chi connectivity index (χ1) is 4.94. The minimum atomic E-state index is -0.806. The van der Waals surface area contributed by atoms with Crippen molar-refractivity contribution in [3.63, 3.8) is 0 Å². The minimum Gasteiger partial charge on any atom is -0.387 e. The summed E-state index contributed by atoms with van der Waals surface area (Å²) >= 11 is 0. The molecule has 0 radical (unpaired) electrons. The molecule has 1 fully saturated rings. The second kappa shape index (κ2) is 2.73. The summed E-state index contributed by atoms with van der Waals surface area (Å²) in [5.41, 5.74) is -0.806. The molecule has 1 heterocycles. The second-order valence-corrected chi connectivity index (χ2v) is 3.60. The minimum absolute atomic E-state index is 0.0845. The van der Waals surface area contributed by atoms with Crippen LogP contribution < -0.4 is 0 Å². The van der Waals surface area contributed by atoms with Crippen LogP contribution in [0.3, 0.4) is 0 Å². The van der Waals surface area contributed by atoms with E-state index in [-0.39, 0.29) is 12.0 Å². The molecule has 2 N–H and O–H groups in total. The van der Waals surface area contributed by atoms with Gasteiger partial charge in [0.15, 0.2) is 6.29 Å². The molecular weight excluding hydrogens is 144 g/mol. The fraction of sp³-hybridized carbons (Fsp3) is 1.00. The van der Waals surface area contributed by atoms with Crippen LogP contribution in [0, 0.1) is 5.92 Å². The van der Waals surface area contributed by atoms with E-state index in [1.54, 1.807) is 13.8 Å². The number of aliphatic hydroxyl groups is 2. The number of aliphatic hydroxyl groups excluding tert-OH is 1. The van der Waals surface area contributed by atoms with E-state index >= 15 is 0 Å². The van der Waals surface area contributed by atoms with Crippen LogP contribution in [-0.2, 0) is 4.74 Å². The zero-order chi connectivity index (χ0) is 8.65. The summed E-state index contributed by atoms with van der Waals surface area (Å²) in [5.74, 6) is 0.0845. The predicted molar refractivity (Wildman–Crippen MR) is 41.0 cm³/mol. The highest BCUT2D eigenvalue weighted by atomic mass is 16.6. The molecule has 1 unspecified atom stereocenters. The average Bonchev–Trinajstić information content (AvgIpc) is 1.84. The molecule has 0 aromatic rings. The summed E-state index contributed by atoms with van der Waals surface area (Å²) < 4.78 is 5.08. The molecular formula is C8H16O3. The van der Waals surface area contributed by atoms with E-state index < -0.39 is 11.9 Å². The molecule has 0 aromatic heterocycles. The van der Waals surface area contributed by atoms with Gasteiger partial charge in [0.25, 0.3) is 0 Å². The van der Waals surface area contributed by atoms with Crippen LogP contribution in [0.2, 0.25) is 0 Å². The van der Waals surface area contributed by atoms with Gasteiger partial charge >= 0.3 is 0 Å². The molecule has 0 aromatic carbocycles. The van der Waals surface area contributed by atoms with Crippen molar-refractivity contribution in [1.29, 1.82) is 0 Å². The van der Waals surface area contributed by atoms with Crippen LogP contribution in [0.15, 0.2) is 0 Å². The van der Waals surface area contributed by atoms with Crippen molar-refractivity contribution < 1.29 is 14.9 Å². The second-order valence-electron chi connectivity index (χ2n) is 3.60. The van der Waals surface area contributed by atoms with Crippen LogP contribution in [0.5, 0.6) is 0 Å². The van der Waals surface area contributed by atoms with E-state index in [1.165, 1.54) is 0 Å². The van der Waals surface area contributed by atoms with E-state index in [9.17, 15) is 5.11 Å². The van der Waals surface area contributed by atoms with Crippen molar-refractivity contribution in [1.82, 2.24) is 0 Å². The maximum atomic E-state index is 9.79. The third-order valence-electron chi connectivity index (χ3n) is 2.74. The van der Waals surface area contributed by atoms with E-state index in [2.05, 4.69) is 0 Å². The SMILES string of the molecule is CC1C[C@H](O)O[C@@H](C)[C@@]1(C)O. The Bertz CT molecular complexity index is 130. The Morgan fingerprint density at radius 1 is 1.45 bits per heavy atom. The summed E-state index contributed by atoms with van der Waals surface area (Å²) in [6.07, 6.45) is -0.487. The van der Waals surface area contributed by atoms with E-state index in [1.807, 2.05) is 6.92 Å². The molecule has 3 heteroatoms. The largest absolute Gasteiger partial charge is 0.387 e. The summed E-state index contributed by atoms with van der Waals surface area (Å²) in [5, 5.41) is 18.9. The van der Waals surface area contributed by atoms with Crippen molar-refractivity contribution in [2.75, 3.05) is 0 Å². The molecule has 1 rings (SSSR count). The zero-order valence-corrected chi connectivity index (χ0v) is 7.24. The average molecular weight is 160 g/mol. The third-order valence-corrected chi connectivity index (χ3v) is 2.74. The molecule has 66 valence electrons. The zero-order valence-electron chi connectivity index (χ0n) is 7.24. The molecule has 0 saturated carbocycles. The Balaban J connectivity index is 2.67. The van der Waals surface area contributed by atoms with E-state index in [4.69, 9.17) is 9.84 Å². The molecule has 0 bridgehead atoms. The molecule has 1 aliphatic heterocycles. The Kier molecular flexibility index (Phi) is 2.23. The first kappa shape index (κ1) is 8.97. The third kappa shape index (κ3) is 1.55. The van der Waals surface area contributed by atoms with Gasteiger partial charge in [0, 0.05) is 6.42 Å².